The number of aromatic hydroxyl groups is 1. The van der Waals surface area contributed by atoms with Gasteiger partial charge in [-0.2, -0.15) is 0 Å². The molecule has 0 heterocycles. The zero-order valence-corrected chi connectivity index (χ0v) is 11.2. The van der Waals surface area contributed by atoms with Gasteiger partial charge in [0.15, 0.2) is 0 Å². The lowest BCUT2D eigenvalue weighted by Gasteiger charge is -2.19. The smallest absolute Gasteiger partial charge is 0.307 e. The first-order valence-electron chi connectivity index (χ1n) is 5.50. The summed E-state index contributed by atoms with van der Waals surface area (Å²) in [5, 5.41) is 9.11. The molecule has 0 atom stereocenters. The monoisotopic (exact) mass is 254 g/mol. The number of hydrogen-bond donors (Lipinski definition) is 1. The topological polar surface area (TPSA) is 46.5 Å². The number of phenols is 1. The van der Waals surface area contributed by atoms with Gasteiger partial charge in [-0.15, -0.1) is 11.8 Å². The highest BCUT2D eigenvalue weighted by Gasteiger charge is 2.15. The fourth-order valence-corrected chi connectivity index (χ4v) is 2.02. The van der Waals surface area contributed by atoms with E-state index in [0.717, 1.165) is 4.90 Å². The molecule has 0 fully saturated rings. The summed E-state index contributed by atoms with van der Waals surface area (Å²) >= 11 is 1.57. The third kappa shape index (κ3) is 6.22. The van der Waals surface area contributed by atoms with Crippen LogP contribution < -0.4 is 0 Å². The lowest BCUT2D eigenvalue weighted by molar-refractivity contribution is -0.154. The van der Waals surface area contributed by atoms with E-state index in [4.69, 9.17) is 9.84 Å². The second kappa shape index (κ2) is 5.96. The minimum Gasteiger partial charge on any atom is -0.508 e. The largest absolute Gasteiger partial charge is 0.508 e. The van der Waals surface area contributed by atoms with Crippen LogP contribution in [0.3, 0.4) is 0 Å². The van der Waals surface area contributed by atoms with E-state index in [2.05, 4.69) is 0 Å². The van der Waals surface area contributed by atoms with Crippen molar-refractivity contribution in [2.45, 2.75) is 37.7 Å². The van der Waals surface area contributed by atoms with E-state index in [9.17, 15) is 4.79 Å². The normalized spacial score (nSPS) is 11.2. The van der Waals surface area contributed by atoms with E-state index in [-0.39, 0.29) is 11.7 Å². The van der Waals surface area contributed by atoms with Crippen LogP contribution in [0.2, 0.25) is 0 Å². The third-order valence-electron chi connectivity index (χ3n) is 1.83. The zero-order chi connectivity index (χ0) is 12.9. The van der Waals surface area contributed by atoms with Crippen molar-refractivity contribution in [3.8, 4) is 5.75 Å². The maximum Gasteiger partial charge on any atom is 0.307 e. The molecule has 1 rings (SSSR count). The Hall–Kier alpha value is -1.16. The van der Waals surface area contributed by atoms with Gasteiger partial charge in [-0.1, -0.05) is 0 Å². The van der Waals surface area contributed by atoms with Gasteiger partial charge in [-0.25, -0.2) is 0 Å². The van der Waals surface area contributed by atoms with E-state index in [0.29, 0.717) is 12.2 Å². The van der Waals surface area contributed by atoms with Gasteiger partial charge in [0.25, 0.3) is 0 Å². The molecule has 1 N–H and O–H groups in total. The van der Waals surface area contributed by atoms with Crippen molar-refractivity contribution < 1.29 is 14.6 Å². The van der Waals surface area contributed by atoms with Crippen molar-refractivity contribution in [3.63, 3.8) is 0 Å². The summed E-state index contributed by atoms with van der Waals surface area (Å²) in [5.41, 5.74) is -0.416. The summed E-state index contributed by atoms with van der Waals surface area (Å²) < 4.78 is 5.20. The molecule has 3 nitrogen and oxygen atoms in total. The fourth-order valence-electron chi connectivity index (χ4n) is 1.19. The molecule has 0 spiro atoms. The van der Waals surface area contributed by atoms with Crippen LogP contribution in [0.1, 0.15) is 27.2 Å². The summed E-state index contributed by atoms with van der Waals surface area (Å²) in [6.07, 6.45) is 0.392. The second-order valence-corrected chi connectivity index (χ2v) is 5.85. The Labute approximate surface area is 106 Å². The Morgan fingerprint density at radius 2 is 1.88 bits per heavy atom. The summed E-state index contributed by atoms with van der Waals surface area (Å²) in [4.78, 5) is 12.5. The molecule has 0 aliphatic carbocycles. The Balaban J connectivity index is 2.28. The van der Waals surface area contributed by atoms with Crippen molar-refractivity contribution in [3.05, 3.63) is 24.3 Å². The molecule has 1 aromatic rings. The van der Waals surface area contributed by atoms with Gasteiger partial charge in [-0.05, 0) is 45.0 Å². The maximum absolute atomic E-state index is 11.4. The molecule has 0 saturated carbocycles. The van der Waals surface area contributed by atoms with Crippen LogP contribution in [0.4, 0.5) is 0 Å². The van der Waals surface area contributed by atoms with Gasteiger partial charge in [0.05, 0.1) is 6.42 Å². The van der Waals surface area contributed by atoms with Crippen molar-refractivity contribution in [2.75, 3.05) is 5.75 Å². The predicted molar refractivity (Wildman–Crippen MR) is 69.3 cm³/mol. The first-order valence-corrected chi connectivity index (χ1v) is 6.49. The lowest BCUT2D eigenvalue weighted by Crippen LogP contribution is -2.23. The molecule has 0 radical (unpaired) electrons. The van der Waals surface area contributed by atoms with Crippen LogP contribution >= 0.6 is 11.8 Å². The van der Waals surface area contributed by atoms with Crippen molar-refractivity contribution >= 4 is 17.7 Å². The number of thioether (sulfide) groups is 1. The average Bonchev–Trinajstić information content (AvgIpc) is 2.18. The summed E-state index contributed by atoms with van der Waals surface area (Å²) in [6.45, 7) is 5.58. The second-order valence-electron chi connectivity index (χ2n) is 4.68. The van der Waals surface area contributed by atoms with Crippen LogP contribution in [-0.2, 0) is 9.53 Å². The molecule has 0 amide bonds. The first kappa shape index (κ1) is 13.9. The molecule has 0 aliphatic rings. The van der Waals surface area contributed by atoms with E-state index in [1.54, 1.807) is 23.9 Å². The van der Waals surface area contributed by atoms with Gasteiger partial charge >= 0.3 is 5.97 Å². The lowest BCUT2D eigenvalue weighted by atomic mass is 10.2. The number of hydrogen-bond acceptors (Lipinski definition) is 4. The van der Waals surface area contributed by atoms with Gasteiger partial charge < -0.3 is 9.84 Å². The van der Waals surface area contributed by atoms with Gasteiger partial charge in [-0.3, -0.25) is 4.79 Å². The summed E-state index contributed by atoms with van der Waals surface area (Å²) in [5.74, 6) is 0.755. The highest BCUT2D eigenvalue weighted by Crippen LogP contribution is 2.21. The van der Waals surface area contributed by atoms with E-state index < -0.39 is 5.60 Å². The highest BCUT2D eigenvalue weighted by molar-refractivity contribution is 7.99. The molecule has 0 saturated heterocycles. The first-order chi connectivity index (χ1) is 7.87. The van der Waals surface area contributed by atoms with Crippen LogP contribution in [0.25, 0.3) is 0 Å². The van der Waals surface area contributed by atoms with Crippen molar-refractivity contribution in [2.24, 2.45) is 0 Å². The standard InChI is InChI=1S/C13H18O3S/c1-13(2,3)16-12(15)8-9-17-11-6-4-10(14)5-7-11/h4-7,14H,8-9H2,1-3H3. The number of rotatable bonds is 4. The third-order valence-corrected chi connectivity index (χ3v) is 2.85. The molecular weight excluding hydrogens is 236 g/mol. The fraction of sp³-hybridized carbons (Fsp3) is 0.462. The van der Waals surface area contributed by atoms with E-state index >= 15 is 0 Å². The highest BCUT2D eigenvalue weighted by atomic mass is 32.2. The number of ether oxygens (including phenoxy) is 1. The van der Waals surface area contributed by atoms with Crippen molar-refractivity contribution in [1.82, 2.24) is 0 Å². The number of benzene rings is 1. The quantitative estimate of drug-likeness (QED) is 0.662. The van der Waals surface area contributed by atoms with Gasteiger partial charge in [0.1, 0.15) is 11.4 Å². The van der Waals surface area contributed by atoms with Crippen LogP contribution in [0, 0.1) is 0 Å². The number of phenolic OH excluding ortho intramolecular Hbond substituents is 1. The number of carbonyl (C=O) groups excluding carboxylic acids is 1. The molecular formula is C13H18O3S. The van der Waals surface area contributed by atoms with E-state index in [1.807, 2.05) is 32.9 Å². The molecule has 0 aromatic heterocycles. The Kier molecular flexibility index (Phi) is 4.87. The number of esters is 1. The molecule has 94 valence electrons. The van der Waals surface area contributed by atoms with Gasteiger partial charge in [0.2, 0.25) is 0 Å². The molecule has 0 aliphatic heterocycles. The molecule has 0 bridgehead atoms. The number of carbonyl (C=O) groups is 1. The summed E-state index contributed by atoms with van der Waals surface area (Å²) in [6, 6.07) is 6.93. The average molecular weight is 254 g/mol. The zero-order valence-electron chi connectivity index (χ0n) is 10.4. The Morgan fingerprint density at radius 1 is 1.29 bits per heavy atom. The Bertz CT molecular complexity index is 365. The Morgan fingerprint density at radius 3 is 2.41 bits per heavy atom. The predicted octanol–water partition coefficient (Wildman–Crippen LogP) is 3.22. The molecule has 1 aromatic carbocycles. The molecule has 0 unspecified atom stereocenters. The summed E-state index contributed by atoms with van der Waals surface area (Å²) in [7, 11) is 0. The van der Waals surface area contributed by atoms with Gasteiger partial charge in [0, 0.05) is 10.6 Å². The molecule has 17 heavy (non-hydrogen) atoms. The SMILES string of the molecule is CC(C)(C)OC(=O)CCSc1ccc(O)cc1. The minimum atomic E-state index is -0.416. The van der Waals surface area contributed by atoms with Crippen LogP contribution in [0.15, 0.2) is 29.2 Å². The van der Waals surface area contributed by atoms with Crippen molar-refractivity contribution in [1.29, 1.82) is 0 Å². The maximum atomic E-state index is 11.4. The van der Waals surface area contributed by atoms with Crippen LogP contribution in [0.5, 0.6) is 5.75 Å². The van der Waals surface area contributed by atoms with E-state index in [1.165, 1.54) is 0 Å². The molecule has 4 heteroatoms. The van der Waals surface area contributed by atoms with Crippen LogP contribution in [-0.4, -0.2) is 22.4 Å². The minimum absolute atomic E-state index is 0.177.